The molecule has 1 N–H and O–H groups in total. The van der Waals surface area contributed by atoms with Gasteiger partial charge in [0.1, 0.15) is 11.5 Å². The summed E-state index contributed by atoms with van der Waals surface area (Å²) in [5.41, 5.74) is 2.16. The Morgan fingerprint density at radius 1 is 1.35 bits per heavy atom. The molecule has 2 aromatic rings. The molecule has 0 saturated heterocycles. The van der Waals surface area contributed by atoms with E-state index in [9.17, 15) is 0 Å². The zero-order chi connectivity index (χ0) is 11.8. The molecule has 4 heteroatoms. The lowest BCUT2D eigenvalue weighted by Crippen LogP contribution is -2.25. The first kappa shape index (κ1) is 10.8. The minimum atomic E-state index is 0.513. The molecule has 1 aliphatic rings. The largest absolute Gasteiger partial charge is 0.367 e. The van der Waals surface area contributed by atoms with Crippen molar-refractivity contribution >= 4 is 21.7 Å². The van der Waals surface area contributed by atoms with Crippen molar-refractivity contribution in [3.05, 3.63) is 34.8 Å². The fourth-order valence-electron chi connectivity index (χ4n) is 2.14. The Morgan fingerprint density at radius 2 is 2.12 bits per heavy atom. The molecule has 0 radical (unpaired) electrons. The first-order chi connectivity index (χ1) is 8.25. The van der Waals surface area contributed by atoms with Gasteiger partial charge in [-0.15, -0.1) is 0 Å². The molecule has 88 valence electrons. The summed E-state index contributed by atoms with van der Waals surface area (Å²) in [6.45, 7) is 3.18. The maximum absolute atomic E-state index is 4.66. The molecular formula is C13H14BrN3. The minimum Gasteiger partial charge on any atom is -0.367 e. The molecule has 17 heavy (non-hydrogen) atoms. The van der Waals surface area contributed by atoms with Crippen molar-refractivity contribution in [2.75, 3.05) is 5.32 Å². The summed E-state index contributed by atoms with van der Waals surface area (Å²) in [4.78, 5) is 0. The van der Waals surface area contributed by atoms with E-state index in [-0.39, 0.29) is 0 Å². The Kier molecular flexibility index (Phi) is 2.67. The van der Waals surface area contributed by atoms with Crippen LogP contribution in [0.1, 0.15) is 13.3 Å². The van der Waals surface area contributed by atoms with Crippen molar-refractivity contribution in [1.29, 1.82) is 0 Å². The first-order valence-electron chi connectivity index (χ1n) is 5.84. The van der Waals surface area contributed by atoms with Gasteiger partial charge in [0.15, 0.2) is 0 Å². The van der Waals surface area contributed by atoms with Gasteiger partial charge in [0.2, 0.25) is 0 Å². The van der Waals surface area contributed by atoms with Crippen molar-refractivity contribution in [2.24, 2.45) is 0 Å². The summed E-state index contributed by atoms with van der Waals surface area (Å²) in [5, 5.41) is 8.13. The van der Waals surface area contributed by atoms with E-state index in [0.717, 1.165) is 34.5 Å². The van der Waals surface area contributed by atoms with Gasteiger partial charge in [-0.05, 0) is 29.3 Å². The lowest BCUT2D eigenvalue weighted by Gasteiger charge is -2.22. The van der Waals surface area contributed by atoms with Gasteiger partial charge < -0.3 is 5.32 Å². The highest BCUT2D eigenvalue weighted by Crippen LogP contribution is 2.35. The van der Waals surface area contributed by atoms with Gasteiger partial charge in [0.25, 0.3) is 0 Å². The van der Waals surface area contributed by atoms with Crippen molar-refractivity contribution in [3.8, 4) is 11.3 Å². The normalized spacial score (nSPS) is 18.6. The number of aryl methyl sites for hydroxylation is 1. The highest BCUT2D eigenvalue weighted by atomic mass is 79.9. The van der Waals surface area contributed by atoms with Crippen molar-refractivity contribution in [3.63, 3.8) is 0 Å². The first-order valence-corrected chi connectivity index (χ1v) is 6.63. The number of aromatic nitrogens is 2. The number of nitrogens with one attached hydrogen (secondary N) is 1. The number of fused-ring (bicyclic) bond motifs is 1. The van der Waals surface area contributed by atoms with E-state index in [1.54, 1.807) is 0 Å². The molecule has 1 aliphatic heterocycles. The fourth-order valence-corrected chi connectivity index (χ4v) is 2.77. The monoisotopic (exact) mass is 291 g/mol. The van der Waals surface area contributed by atoms with E-state index in [1.807, 2.05) is 22.9 Å². The average Bonchev–Trinajstić information content (AvgIpc) is 2.68. The Bertz CT molecular complexity index is 533. The molecule has 0 fully saturated rings. The molecule has 1 unspecified atom stereocenters. The van der Waals surface area contributed by atoms with E-state index in [0.29, 0.717) is 6.04 Å². The summed E-state index contributed by atoms with van der Waals surface area (Å²) >= 11 is 3.66. The van der Waals surface area contributed by atoms with Crippen LogP contribution in [0.2, 0.25) is 0 Å². The van der Waals surface area contributed by atoms with Crippen LogP contribution in [0.15, 0.2) is 34.8 Å². The van der Waals surface area contributed by atoms with Crippen molar-refractivity contribution in [2.45, 2.75) is 25.9 Å². The smallest absolute Gasteiger partial charge is 0.139 e. The van der Waals surface area contributed by atoms with Gasteiger partial charge in [-0.1, -0.05) is 30.3 Å². The Labute approximate surface area is 109 Å². The van der Waals surface area contributed by atoms with E-state index >= 15 is 0 Å². The molecule has 1 atom stereocenters. The summed E-state index contributed by atoms with van der Waals surface area (Å²) in [7, 11) is 0. The standard InChI is InChI=1S/C13H14BrN3/c1-9-7-8-17-13(15-9)11(14)12(16-17)10-5-3-2-4-6-10/h2-6,9,15H,7-8H2,1H3. The number of anilines is 1. The molecule has 0 saturated carbocycles. The van der Waals surface area contributed by atoms with Crippen LogP contribution in [0.5, 0.6) is 0 Å². The predicted octanol–water partition coefficient (Wildman–Crippen LogP) is 3.52. The zero-order valence-corrected chi connectivity index (χ0v) is 11.2. The van der Waals surface area contributed by atoms with Gasteiger partial charge in [-0.3, -0.25) is 0 Å². The highest BCUT2D eigenvalue weighted by molar-refractivity contribution is 9.10. The summed E-state index contributed by atoms with van der Waals surface area (Å²) in [5.74, 6) is 1.10. The van der Waals surface area contributed by atoms with Crippen LogP contribution in [0, 0.1) is 0 Å². The summed E-state index contributed by atoms with van der Waals surface area (Å²) in [6, 6.07) is 10.8. The van der Waals surface area contributed by atoms with Gasteiger partial charge in [-0.25, -0.2) is 4.68 Å². The highest BCUT2D eigenvalue weighted by Gasteiger charge is 2.21. The van der Waals surface area contributed by atoms with E-state index < -0.39 is 0 Å². The van der Waals surface area contributed by atoms with Crippen LogP contribution in [0.25, 0.3) is 11.3 Å². The van der Waals surface area contributed by atoms with Crippen molar-refractivity contribution < 1.29 is 0 Å². The van der Waals surface area contributed by atoms with Crippen LogP contribution in [0.3, 0.4) is 0 Å². The SMILES string of the molecule is CC1CCn2nc(-c3ccccc3)c(Br)c2N1. The molecule has 0 spiro atoms. The molecule has 0 amide bonds. The Balaban J connectivity index is 2.08. The van der Waals surface area contributed by atoms with Crippen molar-refractivity contribution in [1.82, 2.24) is 9.78 Å². The molecule has 3 rings (SSSR count). The maximum atomic E-state index is 4.66. The van der Waals surface area contributed by atoms with Crippen LogP contribution >= 0.6 is 15.9 Å². The Hall–Kier alpha value is -1.29. The predicted molar refractivity (Wildman–Crippen MR) is 73.1 cm³/mol. The molecule has 2 heterocycles. The van der Waals surface area contributed by atoms with Crippen LogP contribution in [-0.2, 0) is 6.54 Å². The third-order valence-electron chi connectivity index (χ3n) is 3.10. The maximum Gasteiger partial charge on any atom is 0.139 e. The second kappa shape index (κ2) is 4.18. The van der Waals surface area contributed by atoms with Gasteiger partial charge in [0, 0.05) is 18.2 Å². The number of nitrogens with zero attached hydrogens (tertiary/aromatic N) is 2. The fraction of sp³-hybridized carbons (Fsp3) is 0.308. The average molecular weight is 292 g/mol. The Morgan fingerprint density at radius 3 is 2.88 bits per heavy atom. The minimum absolute atomic E-state index is 0.513. The van der Waals surface area contributed by atoms with Gasteiger partial charge >= 0.3 is 0 Å². The van der Waals surface area contributed by atoms with Crippen LogP contribution < -0.4 is 5.32 Å². The summed E-state index contributed by atoms with van der Waals surface area (Å²) in [6.07, 6.45) is 1.12. The number of hydrogen-bond donors (Lipinski definition) is 1. The third-order valence-corrected chi connectivity index (χ3v) is 3.85. The molecular weight excluding hydrogens is 278 g/mol. The van der Waals surface area contributed by atoms with E-state index in [1.165, 1.54) is 0 Å². The van der Waals surface area contributed by atoms with Crippen LogP contribution in [0.4, 0.5) is 5.82 Å². The molecule has 1 aromatic heterocycles. The third kappa shape index (κ3) is 1.86. The number of hydrogen-bond acceptors (Lipinski definition) is 2. The number of rotatable bonds is 1. The van der Waals surface area contributed by atoms with Gasteiger partial charge in [-0.2, -0.15) is 5.10 Å². The topological polar surface area (TPSA) is 29.9 Å². The van der Waals surface area contributed by atoms with E-state index in [4.69, 9.17) is 0 Å². The second-order valence-electron chi connectivity index (χ2n) is 4.43. The number of benzene rings is 1. The lowest BCUT2D eigenvalue weighted by molar-refractivity contribution is 0.513. The molecule has 0 aliphatic carbocycles. The number of halogens is 1. The zero-order valence-electron chi connectivity index (χ0n) is 9.65. The quantitative estimate of drug-likeness (QED) is 0.871. The molecule has 1 aromatic carbocycles. The van der Waals surface area contributed by atoms with E-state index in [2.05, 4.69) is 45.4 Å². The lowest BCUT2D eigenvalue weighted by atomic mass is 10.1. The summed E-state index contributed by atoms with van der Waals surface area (Å²) < 4.78 is 3.11. The van der Waals surface area contributed by atoms with Gasteiger partial charge in [0.05, 0.1) is 4.47 Å². The molecule has 0 bridgehead atoms. The molecule has 3 nitrogen and oxygen atoms in total. The second-order valence-corrected chi connectivity index (χ2v) is 5.23. The van der Waals surface area contributed by atoms with Crippen LogP contribution in [-0.4, -0.2) is 15.8 Å².